The second-order valence-corrected chi connectivity index (χ2v) is 6.80. The lowest BCUT2D eigenvalue weighted by Gasteiger charge is -2.38. The number of halogens is 2. The van der Waals surface area contributed by atoms with Gasteiger partial charge in [0.1, 0.15) is 5.82 Å². The Balaban J connectivity index is 1.84. The van der Waals surface area contributed by atoms with E-state index in [1.807, 2.05) is 6.92 Å². The SMILES string of the molecule is CC(C(=O)N(C)CCC#N)N1CCN(Cc2ccc(F)cc2Cl)CC1. The average Bonchev–Trinajstić information content (AvgIpc) is 2.61. The second-order valence-electron chi connectivity index (χ2n) is 6.39. The summed E-state index contributed by atoms with van der Waals surface area (Å²) in [5, 5.41) is 9.08. The number of piperazine rings is 1. The molecule has 1 fully saturated rings. The van der Waals surface area contributed by atoms with Gasteiger partial charge in [-0.15, -0.1) is 0 Å². The molecule has 1 atom stereocenters. The Morgan fingerprint density at radius 2 is 2.08 bits per heavy atom. The lowest BCUT2D eigenvalue weighted by molar-refractivity contribution is -0.135. The second kappa shape index (κ2) is 9.14. The average molecular weight is 367 g/mol. The molecule has 1 heterocycles. The molecule has 0 N–H and O–H groups in total. The predicted octanol–water partition coefficient (Wildman–Crippen LogP) is 2.36. The fourth-order valence-corrected chi connectivity index (χ4v) is 3.23. The number of amides is 1. The van der Waals surface area contributed by atoms with Crippen LogP contribution in [0.4, 0.5) is 4.39 Å². The number of hydrogen-bond donors (Lipinski definition) is 0. The zero-order chi connectivity index (χ0) is 18.4. The van der Waals surface area contributed by atoms with Gasteiger partial charge in [0.15, 0.2) is 0 Å². The molecule has 1 aromatic rings. The quantitative estimate of drug-likeness (QED) is 0.775. The van der Waals surface area contributed by atoms with Gasteiger partial charge < -0.3 is 4.90 Å². The van der Waals surface area contributed by atoms with Gasteiger partial charge in [0, 0.05) is 51.3 Å². The zero-order valence-corrected chi connectivity index (χ0v) is 15.5. The summed E-state index contributed by atoms with van der Waals surface area (Å²) < 4.78 is 13.1. The molecular weight excluding hydrogens is 343 g/mol. The van der Waals surface area contributed by atoms with E-state index in [1.54, 1.807) is 18.0 Å². The summed E-state index contributed by atoms with van der Waals surface area (Å²) in [6.45, 7) is 6.29. The van der Waals surface area contributed by atoms with E-state index in [0.29, 0.717) is 24.5 Å². The van der Waals surface area contributed by atoms with Crippen LogP contribution in [0.15, 0.2) is 18.2 Å². The molecule has 1 unspecified atom stereocenters. The minimum absolute atomic E-state index is 0.0466. The number of carbonyl (C=O) groups is 1. The van der Waals surface area contributed by atoms with Crippen LogP contribution in [0.5, 0.6) is 0 Å². The van der Waals surface area contributed by atoms with Crippen LogP contribution in [0, 0.1) is 17.1 Å². The molecule has 0 spiro atoms. The van der Waals surface area contributed by atoms with E-state index in [-0.39, 0.29) is 17.8 Å². The van der Waals surface area contributed by atoms with Gasteiger partial charge in [-0.2, -0.15) is 5.26 Å². The third-order valence-corrected chi connectivity index (χ3v) is 5.01. The first kappa shape index (κ1) is 19.6. The van der Waals surface area contributed by atoms with Crippen molar-refractivity contribution in [2.45, 2.75) is 25.9 Å². The zero-order valence-electron chi connectivity index (χ0n) is 14.7. The summed E-state index contributed by atoms with van der Waals surface area (Å²) >= 11 is 6.10. The van der Waals surface area contributed by atoms with Crippen molar-refractivity contribution in [2.75, 3.05) is 39.8 Å². The van der Waals surface area contributed by atoms with Crippen LogP contribution in [0.3, 0.4) is 0 Å². The molecule has 0 bridgehead atoms. The normalized spacial score (nSPS) is 17.1. The van der Waals surface area contributed by atoms with Crippen molar-refractivity contribution in [1.82, 2.24) is 14.7 Å². The number of carbonyl (C=O) groups excluding carboxylic acids is 1. The van der Waals surface area contributed by atoms with E-state index in [1.165, 1.54) is 12.1 Å². The van der Waals surface area contributed by atoms with Gasteiger partial charge in [0.25, 0.3) is 0 Å². The molecule has 0 saturated carbocycles. The summed E-state index contributed by atoms with van der Waals surface area (Å²) in [5.41, 5.74) is 0.914. The molecule has 0 aromatic heterocycles. The van der Waals surface area contributed by atoms with Crippen LogP contribution in [0.2, 0.25) is 5.02 Å². The van der Waals surface area contributed by atoms with Gasteiger partial charge in [-0.3, -0.25) is 14.6 Å². The van der Waals surface area contributed by atoms with E-state index in [9.17, 15) is 9.18 Å². The standard InChI is InChI=1S/C18H24ClFN4O/c1-14(18(25)22(2)7-3-6-21)24-10-8-23(9-11-24)13-15-4-5-16(20)12-17(15)19/h4-5,12,14H,3,7-11,13H2,1-2H3. The molecule has 7 heteroatoms. The topological polar surface area (TPSA) is 50.6 Å². The van der Waals surface area contributed by atoms with Gasteiger partial charge in [-0.25, -0.2) is 4.39 Å². The summed E-state index contributed by atoms with van der Waals surface area (Å²) in [6, 6.07) is 6.35. The minimum atomic E-state index is -0.327. The van der Waals surface area contributed by atoms with Gasteiger partial charge in [-0.1, -0.05) is 17.7 Å². The van der Waals surface area contributed by atoms with Crippen molar-refractivity contribution in [3.8, 4) is 6.07 Å². The van der Waals surface area contributed by atoms with Crippen LogP contribution >= 0.6 is 11.6 Å². The number of nitrogens with zero attached hydrogens (tertiary/aromatic N) is 4. The van der Waals surface area contributed by atoms with Crippen molar-refractivity contribution in [3.05, 3.63) is 34.6 Å². The predicted molar refractivity (Wildman–Crippen MR) is 95.6 cm³/mol. The van der Waals surface area contributed by atoms with Crippen molar-refractivity contribution >= 4 is 17.5 Å². The Hall–Kier alpha value is -1.68. The minimum Gasteiger partial charge on any atom is -0.343 e. The third kappa shape index (κ3) is 5.40. The maximum atomic E-state index is 13.1. The number of nitriles is 1. The molecule has 1 aliphatic heterocycles. The summed E-state index contributed by atoms with van der Waals surface area (Å²) in [7, 11) is 1.74. The molecule has 1 aromatic carbocycles. The Bertz CT molecular complexity index is 640. The molecule has 1 saturated heterocycles. The molecule has 2 rings (SSSR count). The van der Waals surface area contributed by atoms with Crippen molar-refractivity contribution in [2.24, 2.45) is 0 Å². The van der Waals surface area contributed by atoms with E-state index < -0.39 is 0 Å². The first-order valence-electron chi connectivity index (χ1n) is 8.44. The van der Waals surface area contributed by atoms with Crippen molar-refractivity contribution in [3.63, 3.8) is 0 Å². The molecule has 1 amide bonds. The maximum absolute atomic E-state index is 13.1. The first-order valence-corrected chi connectivity index (χ1v) is 8.82. The van der Waals surface area contributed by atoms with Crippen LogP contribution in [-0.4, -0.2) is 66.4 Å². The number of likely N-dealkylation sites (N-methyl/N-ethyl adjacent to an activating group) is 1. The lowest BCUT2D eigenvalue weighted by Crippen LogP contribution is -2.53. The Kier molecular flexibility index (Phi) is 7.18. The smallest absolute Gasteiger partial charge is 0.239 e. The van der Waals surface area contributed by atoms with Gasteiger partial charge in [0.05, 0.1) is 18.5 Å². The monoisotopic (exact) mass is 366 g/mol. The molecule has 136 valence electrons. The summed E-state index contributed by atoms with van der Waals surface area (Å²) in [4.78, 5) is 18.4. The van der Waals surface area contributed by atoms with E-state index in [4.69, 9.17) is 16.9 Å². The van der Waals surface area contributed by atoms with E-state index in [0.717, 1.165) is 31.7 Å². The van der Waals surface area contributed by atoms with Crippen molar-refractivity contribution in [1.29, 1.82) is 5.26 Å². The van der Waals surface area contributed by atoms with E-state index >= 15 is 0 Å². The van der Waals surface area contributed by atoms with Gasteiger partial charge >= 0.3 is 0 Å². The van der Waals surface area contributed by atoms with Gasteiger partial charge in [0.2, 0.25) is 5.91 Å². The maximum Gasteiger partial charge on any atom is 0.239 e. The molecule has 1 aliphatic rings. The van der Waals surface area contributed by atoms with Gasteiger partial charge in [-0.05, 0) is 24.6 Å². The highest BCUT2D eigenvalue weighted by molar-refractivity contribution is 6.31. The highest BCUT2D eigenvalue weighted by Gasteiger charge is 2.27. The number of rotatable bonds is 6. The Morgan fingerprint density at radius 1 is 1.40 bits per heavy atom. The highest BCUT2D eigenvalue weighted by atomic mass is 35.5. The Labute approximate surface area is 153 Å². The fraction of sp³-hybridized carbons (Fsp3) is 0.556. The number of benzene rings is 1. The highest BCUT2D eigenvalue weighted by Crippen LogP contribution is 2.20. The third-order valence-electron chi connectivity index (χ3n) is 4.66. The molecule has 0 aliphatic carbocycles. The molecule has 5 nitrogen and oxygen atoms in total. The molecular formula is C18H24ClFN4O. The first-order chi connectivity index (χ1) is 11.9. The van der Waals surface area contributed by atoms with Crippen LogP contribution in [0.25, 0.3) is 0 Å². The van der Waals surface area contributed by atoms with E-state index in [2.05, 4.69) is 15.9 Å². The largest absolute Gasteiger partial charge is 0.343 e. The number of hydrogen-bond acceptors (Lipinski definition) is 4. The molecule has 25 heavy (non-hydrogen) atoms. The van der Waals surface area contributed by atoms with Crippen molar-refractivity contribution < 1.29 is 9.18 Å². The fourth-order valence-electron chi connectivity index (χ4n) is 3.00. The summed E-state index contributed by atoms with van der Waals surface area (Å²) in [5.74, 6) is -0.281. The summed E-state index contributed by atoms with van der Waals surface area (Å²) in [6.07, 6.45) is 0.348. The van der Waals surface area contributed by atoms with Crippen LogP contribution in [-0.2, 0) is 11.3 Å². The molecule has 0 radical (unpaired) electrons. The van der Waals surface area contributed by atoms with Crippen LogP contribution < -0.4 is 0 Å². The lowest BCUT2D eigenvalue weighted by atomic mass is 10.1. The van der Waals surface area contributed by atoms with Crippen LogP contribution in [0.1, 0.15) is 18.9 Å². The Morgan fingerprint density at radius 3 is 2.68 bits per heavy atom.